The summed E-state index contributed by atoms with van der Waals surface area (Å²) in [6.45, 7) is 0. The van der Waals surface area contributed by atoms with Crippen molar-refractivity contribution < 1.29 is 4.74 Å². The number of hydrogen-bond acceptors (Lipinski definition) is 6. The van der Waals surface area contributed by atoms with Crippen LogP contribution in [0.25, 0.3) is 5.69 Å². The van der Waals surface area contributed by atoms with Gasteiger partial charge in [-0.1, -0.05) is 5.21 Å². The standard InChI is InChI=1S/C11H11N7O/c1-19-9-4-2-8(3-5-9)18-7-12-15-11(18)6-10-13-16-17-14-10/h2-5,7H,6H2,1H3,(H,13,14,16,17). The maximum Gasteiger partial charge on any atom is 0.182 e. The van der Waals surface area contributed by atoms with Crippen molar-refractivity contribution in [3.05, 3.63) is 42.2 Å². The van der Waals surface area contributed by atoms with Gasteiger partial charge in [-0.2, -0.15) is 5.21 Å². The first-order valence-electron chi connectivity index (χ1n) is 5.62. The fraction of sp³-hybridized carbons (Fsp3) is 0.182. The molecule has 2 aromatic heterocycles. The Morgan fingerprint density at radius 2 is 2.05 bits per heavy atom. The minimum absolute atomic E-state index is 0.461. The van der Waals surface area contributed by atoms with E-state index >= 15 is 0 Å². The fourth-order valence-electron chi connectivity index (χ4n) is 1.74. The van der Waals surface area contributed by atoms with Crippen LogP contribution < -0.4 is 4.74 Å². The SMILES string of the molecule is COc1ccc(-n2cnnc2Cc2nn[nH]n2)cc1. The third-order valence-electron chi connectivity index (χ3n) is 2.67. The van der Waals surface area contributed by atoms with Gasteiger partial charge < -0.3 is 4.74 Å². The molecule has 1 aromatic carbocycles. The first-order chi connectivity index (χ1) is 9.36. The van der Waals surface area contributed by atoms with Crippen LogP contribution in [0.4, 0.5) is 0 Å². The Hall–Kier alpha value is -2.77. The number of aromatic amines is 1. The van der Waals surface area contributed by atoms with Crippen molar-refractivity contribution in [1.29, 1.82) is 0 Å². The number of aromatic nitrogens is 7. The molecule has 3 rings (SSSR count). The predicted molar refractivity (Wildman–Crippen MR) is 64.9 cm³/mol. The minimum Gasteiger partial charge on any atom is -0.497 e. The lowest BCUT2D eigenvalue weighted by Crippen LogP contribution is -2.02. The zero-order valence-corrected chi connectivity index (χ0v) is 10.2. The Kier molecular flexibility index (Phi) is 2.89. The van der Waals surface area contributed by atoms with Gasteiger partial charge in [0.25, 0.3) is 0 Å². The van der Waals surface area contributed by atoms with Crippen LogP contribution in [-0.4, -0.2) is 42.5 Å². The van der Waals surface area contributed by atoms with Crippen molar-refractivity contribution in [3.8, 4) is 11.4 Å². The van der Waals surface area contributed by atoms with Gasteiger partial charge in [0.2, 0.25) is 0 Å². The van der Waals surface area contributed by atoms with Gasteiger partial charge in [-0.15, -0.1) is 20.4 Å². The third kappa shape index (κ3) is 2.28. The average molecular weight is 257 g/mol. The van der Waals surface area contributed by atoms with Gasteiger partial charge in [-0.3, -0.25) is 4.57 Å². The Morgan fingerprint density at radius 3 is 2.74 bits per heavy atom. The third-order valence-corrected chi connectivity index (χ3v) is 2.67. The molecule has 0 radical (unpaired) electrons. The average Bonchev–Trinajstić information content (AvgIpc) is 3.11. The molecule has 96 valence electrons. The van der Waals surface area contributed by atoms with E-state index in [4.69, 9.17) is 4.74 Å². The van der Waals surface area contributed by atoms with E-state index in [1.54, 1.807) is 13.4 Å². The van der Waals surface area contributed by atoms with Gasteiger partial charge >= 0.3 is 0 Å². The highest BCUT2D eigenvalue weighted by Gasteiger charge is 2.10. The van der Waals surface area contributed by atoms with Gasteiger partial charge in [0.15, 0.2) is 5.82 Å². The molecule has 0 bridgehead atoms. The molecular formula is C11H11N7O. The topological polar surface area (TPSA) is 94.4 Å². The maximum atomic E-state index is 5.13. The summed E-state index contributed by atoms with van der Waals surface area (Å²) < 4.78 is 7.00. The lowest BCUT2D eigenvalue weighted by molar-refractivity contribution is 0.414. The van der Waals surface area contributed by atoms with Crippen LogP contribution in [0.3, 0.4) is 0 Å². The summed E-state index contributed by atoms with van der Waals surface area (Å²) in [5, 5.41) is 21.7. The molecule has 0 saturated carbocycles. The smallest absolute Gasteiger partial charge is 0.182 e. The zero-order valence-electron chi connectivity index (χ0n) is 10.2. The van der Waals surface area contributed by atoms with E-state index in [0.29, 0.717) is 12.2 Å². The van der Waals surface area contributed by atoms with Crippen LogP contribution in [-0.2, 0) is 6.42 Å². The molecule has 0 aliphatic rings. The van der Waals surface area contributed by atoms with Crippen LogP contribution in [0.5, 0.6) is 5.75 Å². The Balaban J connectivity index is 1.90. The minimum atomic E-state index is 0.461. The van der Waals surface area contributed by atoms with E-state index in [-0.39, 0.29) is 0 Å². The molecule has 8 nitrogen and oxygen atoms in total. The van der Waals surface area contributed by atoms with Crippen LogP contribution in [0.1, 0.15) is 11.6 Å². The van der Waals surface area contributed by atoms with Crippen molar-refractivity contribution in [2.24, 2.45) is 0 Å². The van der Waals surface area contributed by atoms with Gasteiger partial charge in [0, 0.05) is 5.69 Å². The number of benzene rings is 1. The van der Waals surface area contributed by atoms with Crippen LogP contribution in [0.2, 0.25) is 0 Å². The van der Waals surface area contributed by atoms with Crippen molar-refractivity contribution in [1.82, 2.24) is 35.4 Å². The van der Waals surface area contributed by atoms with E-state index in [2.05, 4.69) is 30.8 Å². The quantitative estimate of drug-likeness (QED) is 0.726. The molecule has 19 heavy (non-hydrogen) atoms. The number of rotatable bonds is 4. The van der Waals surface area contributed by atoms with Crippen LogP contribution in [0.15, 0.2) is 30.6 Å². The largest absolute Gasteiger partial charge is 0.497 e. The summed E-state index contributed by atoms with van der Waals surface area (Å²) in [6, 6.07) is 7.63. The lowest BCUT2D eigenvalue weighted by atomic mass is 10.3. The molecule has 8 heteroatoms. The molecule has 0 saturated heterocycles. The first-order valence-corrected chi connectivity index (χ1v) is 5.62. The monoisotopic (exact) mass is 257 g/mol. The number of H-pyrrole nitrogens is 1. The molecule has 0 amide bonds. The maximum absolute atomic E-state index is 5.13. The van der Waals surface area contributed by atoms with Gasteiger partial charge in [0.05, 0.1) is 13.5 Å². The van der Waals surface area contributed by atoms with Crippen LogP contribution >= 0.6 is 0 Å². The molecule has 0 aliphatic heterocycles. The number of nitrogens with zero attached hydrogens (tertiary/aromatic N) is 6. The molecule has 1 N–H and O–H groups in total. The highest BCUT2D eigenvalue weighted by atomic mass is 16.5. The summed E-state index contributed by atoms with van der Waals surface area (Å²) >= 11 is 0. The number of methoxy groups -OCH3 is 1. The first kappa shape index (κ1) is 11.3. The molecule has 0 unspecified atom stereocenters. The molecular weight excluding hydrogens is 246 g/mol. The zero-order chi connectivity index (χ0) is 13.1. The fourth-order valence-corrected chi connectivity index (χ4v) is 1.74. The Morgan fingerprint density at radius 1 is 1.21 bits per heavy atom. The van der Waals surface area contributed by atoms with E-state index in [1.165, 1.54) is 0 Å². The number of tetrazole rings is 1. The van der Waals surface area contributed by atoms with Crippen molar-refractivity contribution in [3.63, 3.8) is 0 Å². The molecule has 3 aromatic rings. The summed E-state index contributed by atoms with van der Waals surface area (Å²) in [5.74, 6) is 2.12. The second-order valence-electron chi connectivity index (χ2n) is 3.82. The van der Waals surface area contributed by atoms with Crippen molar-refractivity contribution >= 4 is 0 Å². The number of ether oxygens (including phenoxy) is 1. The molecule has 2 heterocycles. The van der Waals surface area contributed by atoms with Gasteiger partial charge in [0.1, 0.15) is 17.9 Å². The summed E-state index contributed by atoms with van der Waals surface area (Å²) in [6.07, 6.45) is 2.11. The van der Waals surface area contributed by atoms with Crippen LogP contribution in [0, 0.1) is 0 Å². The molecule has 0 fully saturated rings. The van der Waals surface area contributed by atoms with Crippen molar-refractivity contribution in [2.45, 2.75) is 6.42 Å². The molecule has 0 spiro atoms. The van der Waals surface area contributed by atoms with E-state index in [0.717, 1.165) is 17.3 Å². The second-order valence-corrected chi connectivity index (χ2v) is 3.82. The normalized spacial score (nSPS) is 10.6. The second kappa shape index (κ2) is 4.84. The Bertz CT molecular complexity index is 644. The van der Waals surface area contributed by atoms with E-state index in [1.807, 2.05) is 28.8 Å². The number of hydrogen-bond donors (Lipinski definition) is 1. The predicted octanol–water partition coefficient (Wildman–Crippen LogP) is 0.380. The molecule has 0 aliphatic carbocycles. The highest BCUT2D eigenvalue weighted by molar-refractivity contribution is 5.38. The summed E-state index contributed by atoms with van der Waals surface area (Å²) in [5.41, 5.74) is 0.948. The highest BCUT2D eigenvalue weighted by Crippen LogP contribution is 2.16. The molecule has 0 atom stereocenters. The van der Waals surface area contributed by atoms with E-state index < -0.39 is 0 Å². The van der Waals surface area contributed by atoms with Gasteiger partial charge in [-0.25, -0.2) is 0 Å². The Labute approximate surface area is 108 Å². The van der Waals surface area contributed by atoms with Crippen molar-refractivity contribution in [2.75, 3.05) is 7.11 Å². The summed E-state index contributed by atoms with van der Waals surface area (Å²) in [4.78, 5) is 0. The van der Waals surface area contributed by atoms with E-state index in [9.17, 15) is 0 Å². The van der Waals surface area contributed by atoms with Gasteiger partial charge in [-0.05, 0) is 24.3 Å². The lowest BCUT2D eigenvalue weighted by Gasteiger charge is -2.06. The summed E-state index contributed by atoms with van der Waals surface area (Å²) in [7, 11) is 1.63. The number of nitrogens with one attached hydrogen (secondary N) is 1.